The van der Waals surface area contributed by atoms with Crippen LogP contribution in [-0.2, 0) is 9.47 Å². The fraction of sp³-hybridized carbons (Fsp3) is 0.370. The zero-order valence-electron chi connectivity index (χ0n) is 20.4. The van der Waals surface area contributed by atoms with Crippen LogP contribution in [0.25, 0.3) is 5.69 Å². The Bertz CT molecular complexity index is 1180. The van der Waals surface area contributed by atoms with E-state index in [0.717, 1.165) is 68.0 Å². The van der Waals surface area contributed by atoms with Gasteiger partial charge in [-0.25, -0.2) is 4.79 Å². The third-order valence-corrected chi connectivity index (χ3v) is 7.18. The van der Waals surface area contributed by atoms with Gasteiger partial charge in [-0.1, -0.05) is 6.07 Å². The van der Waals surface area contributed by atoms with Gasteiger partial charge in [-0.2, -0.15) is 0 Å². The number of carbonyl (C=O) groups is 1. The molecule has 188 valence electrons. The van der Waals surface area contributed by atoms with Gasteiger partial charge in [0.1, 0.15) is 0 Å². The first kappa shape index (κ1) is 24.4. The normalized spacial score (nSPS) is 20.4. The summed E-state index contributed by atoms with van der Waals surface area (Å²) in [5.41, 5.74) is 3.55. The molecule has 0 amide bonds. The van der Waals surface area contributed by atoms with E-state index in [-0.39, 0.29) is 18.1 Å². The molecule has 36 heavy (non-hydrogen) atoms. The lowest BCUT2D eigenvalue weighted by molar-refractivity contribution is 0.0365. The Morgan fingerprint density at radius 2 is 1.92 bits per heavy atom. The molecule has 4 heterocycles. The van der Waals surface area contributed by atoms with Gasteiger partial charge in [0.2, 0.25) is 0 Å². The predicted molar refractivity (Wildman–Crippen MR) is 141 cm³/mol. The van der Waals surface area contributed by atoms with E-state index in [1.54, 1.807) is 12.1 Å². The Balaban J connectivity index is 1.43. The molecule has 3 aromatic rings. The van der Waals surface area contributed by atoms with Crippen LogP contribution >= 0.6 is 12.2 Å². The summed E-state index contributed by atoms with van der Waals surface area (Å²) in [6, 6.07) is 17.5. The summed E-state index contributed by atoms with van der Waals surface area (Å²) in [4.78, 5) is 21.3. The minimum atomic E-state index is -0.346. The Morgan fingerprint density at radius 1 is 1.11 bits per heavy atom. The number of hydrogen-bond acceptors (Lipinski definition) is 6. The Labute approximate surface area is 216 Å². The Kier molecular flexibility index (Phi) is 7.60. The largest absolute Gasteiger partial charge is 0.465 e. The molecule has 0 saturated carbocycles. The molecule has 0 aliphatic carbocycles. The molecule has 1 N–H and O–H groups in total. The van der Waals surface area contributed by atoms with Crippen LogP contribution in [0.3, 0.4) is 0 Å². The number of benzene rings is 1. The minimum Gasteiger partial charge on any atom is -0.465 e. The number of morpholine rings is 1. The average Bonchev–Trinajstić information content (AvgIpc) is 3.54. The summed E-state index contributed by atoms with van der Waals surface area (Å²) in [5, 5.41) is 4.29. The van der Waals surface area contributed by atoms with Gasteiger partial charge >= 0.3 is 5.97 Å². The van der Waals surface area contributed by atoms with Crippen LogP contribution in [0, 0.1) is 0 Å². The van der Waals surface area contributed by atoms with Crippen LogP contribution in [0.4, 0.5) is 0 Å². The van der Waals surface area contributed by atoms with E-state index in [1.807, 2.05) is 48.8 Å². The number of aromatic nitrogens is 2. The van der Waals surface area contributed by atoms with Gasteiger partial charge in [-0.15, -0.1) is 0 Å². The second-order valence-electron chi connectivity index (χ2n) is 8.97. The average molecular weight is 506 g/mol. The maximum atomic E-state index is 11.9. The molecule has 9 heteroatoms. The van der Waals surface area contributed by atoms with Gasteiger partial charge in [0.05, 0.1) is 43.7 Å². The molecular formula is C27H31N5O3S. The van der Waals surface area contributed by atoms with Crippen LogP contribution in [-0.4, -0.2) is 76.9 Å². The van der Waals surface area contributed by atoms with Crippen molar-refractivity contribution in [3.8, 4) is 5.69 Å². The number of ether oxygens (including phenoxy) is 2. The fourth-order valence-corrected chi connectivity index (χ4v) is 5.34. The molecule has 2 atom stereocenters. The van der Waals surface area contributed by atoms with Crippen LogP contribution < -0.4 is 5.32 Å². The second kappa shape index (κ2) is 11.2. The molecule has 5 rings (SSSR count). The fourth-order valence-electron chi connectivity index (χ4n) is 5.00. The number of hydrogen-bond donors (Lipinski definition) is 1. The summed E-state index contributed by atoms with van der Waals surface area (Å²) >= 11 is 5.85. The number of pyridine rings is 1. The van der Waals surface area contributed by atoms with E-state index in [4.69, 9.17) is 21.7 Å². The van der Waals surface area contributed by atoms with E-state index >= 15 is 0 Å². The molecule has 0 bridgehead atoms. The Morgan fingerprint density at radius 3 is 2.64 bits per heavy atom. The minimum absolute atomic E-state index is 0.0348. The molecule has 1 aromatic carbocycles. The molecule has 0 unspecified atom stereocenters. The van der Waals surface area contributed by atoms with Crippen molar-refractivity contribution in [3.63, 3.8) is 0 Å². The molecule has 2 aliphatic heterocycles. The number of rotatable bonds is 8. The van der Waals surface area contributed by atoms with E-state index < -0.39 is 0 Å². The highest BCUT2D eigenvalue weighted by Crippen LogP contribution is 2.39. The first-order valence-electron chi connectivity index (χ1n) is 12.3. The molecule has 0 radical (unpaired) electrons. The van der Waals surface area contributed by atoms with Crippen LogP contribution in [0.2, 0.25) is 0 Å². The number of esters is 1. The number of nitrogens with zero attached hydrogens (tertiary/aromatic N) is 4. The highest BCUT2D eigenvalue weighted by Gasteiger charge is 2.41. The molecule has 8 nitrogen and oxygen atoms in total. The van der Waals surface area contributed by atoms with Crippen molar-refractivity contribution in [2.45, 2.75) is 18.5 Å². The number of carbonyl (C=O) groups excluding carboxylic acids is 1. The van der Waals surface area contributed by atoms with E-state index in [9.17, 15) is 4.79 Å². The standard InChI is InChI=1S/C27H31N5O3S/c1-34-26(33)20-8-10-21(11-9-20)31-14-4-7-23(31)25-24(22-6-2-3-12-28-22)29-27(36)32(25)15-5-13-30-16-18-35-19-17-30/h2-4,6-12,14,24-25H,5,13,15-19H2,1H3,(H,29,36)/t24-,25-/m1/s1. The molecule has 2 aromatic heterocycles. The van der Waals surface area contributed by atoms with E-state index in [0.29, 0.717) is 5.56 Å². The molecule has 0 spiro atoms. The zero-order chi connectivity index (χ0) is 24.9. The molecule has 2 saturated heterocycles. The predicted octanol–water partition coefficient (Wildman–Crippen LogP) is 3.35. The monoisotopic (exact) mass is 505 g/mol. The molecule has 2 fully saturated rings. The van der Waals surface area contributed by atoms with Crippen molar-refractivity contribution in [3.05, 3.63) is 83.9 Å². The van der Waals surface area contributed by atoms with Crippen molar-refractivity contribution in [1.82, 2.24) is 24.7 Å². The van der Waals surface area contributed by atoms with Crippen LogP contribution in [0.1, 0.15) is 40.3 Å². The molecular weight excluding hydrogens is 474 g/mol. The van der Waals surface area contributed by atoms with Crippen molar-refractivity contribution in [2.24, 2.45) is 0 Å². The second-order valence-corrected chi connectivity index (χ2v) is 9.36. The number of thiocarbonyl (C=S) groups is 1. The summed E-state index contributed by atoms with van der Waals surface area (Å²) < 4.78 is 12.5. The highest BCUT2D eigenvalue weighted by molar-refractivity contribution is 7.80. The smallest absolute Gasteiger partial charge is 0.337 e. The lowest BCUT2D eigenvalue weighted by atomic mass is 10.0. The molecule has 2 aliphatic rings. The lowest BCUT2D eigenvalue weighted by Crippen LogP contribution is -2.39. The van der Waals surface area contributed by atoms with Crippen molar-refractivity contribution < 1.29 is 14.3 Å². The first-order chi connectivity index (χ1) is 17.7. The van der Waals surface area contributed by atoms with E-state index in [1.165, 1.54) is 7.11 Å². The SMILES string of the molecule is COC(=O)c1ccc(-n2cccc2[C@@H]2[C@@H](c3ccccn3)NC(=S)N2CCCN2CCOCC2)cc1. The summed E-state index contributed by atoms with van der Waals surface area (Å²) in [7, 11) is 1.39. The van der Waals surface area contributed by atoms with Gasteiger partial charge in [0.25, 0.3) is 0 Å². The number of nitrogens with one attached hydrogen (secondary N) is 1. The van der Waals surface area contributed by atoms with Crippen LogP contribution in [0.15, 0.2) is 67.0 Å². The maximum absolute atomic E-state index is 11.9. The Hall–Kier alpha value is -3.27. The topological polar surface area (TPSA) is 71.9 Å². The summed E-state index contributed by atoms with van der Waals surface area (Å²) in [6.07, 6.45) is 4.87. The highest BCUT2D eigenvalue weighted by atomic mass is 32.1. The van der Waals surface area contributed by atoms with Gasteiger partial charge in [-0.05, 0) is 67.2 Å². The third-order valence-electron chi connectivity index (χ3n) is 6.82. The maximum Gasteiger partial charge on any atom is 0.337 e. The third kappa shape index (κ3) is 5.13. The van der Waals surface area contributed by atoms with E-state index in [2.05, 4.69) is 30.7 Å². The van der Waals surface area contributed by atoms with Gasteiger partial charge < -0.3 is 24.3 Å². The van der Waals surface area contributed by atoms with Crippen molar-refractivity contribution in [1.29, 1.82) is 0 Å². The quantitative estimate of drug-likeness (QED) is 0.369. The zero-order valence-corrected chi connectivity index (χ0v) is 21.2. The van der Waals surface area contributed by atoms with Crippen molar-refractivity contribution >= 4 is 23.3 Å². The van der Waals surface area contributed by atoms with Gasteiger partial charge in [0.15, 0.2) is 5.11 Å². The van der Waals surface area contributed by atoms with Crippen molar-refractivity contribution in [2.75, 3.05) is 46.5 Å². The van der Waals surface area contributed by atoms with Crippen LogP contribution in [0.5, 0.6) is 0 Å². The van der Waals surface area contributed by atoms with Gasteiger partial charge in [0, 0.05) is 50.0 Å². The summed E-state index contributed by atoms with van der Waals surface area (Å²) in [5.74, 6) is -0.346. The first-order valence-corrected chi connectivity index (χ1v) is 12.7. The van der Waals surface area contributed by atoms with Gasteiger partial charge in [-0.3, -0.25) is 9.88 Å². The summed E-state index contributed by atoms with van der Waals surface area (Å²) in [6.45, 7) is 5.41. The number of methoxy groups -OCH3 is 1. The lowest BCUT2D eigenvalue weighted by Gasteiger charge is -2.31.